The van der Waals surface area contributed by atoms with Crippen LogP contribution in [0.3, 0.4) is 0 Å². The highest BCUT2D eigenvalue weighted by Crippen LogP contribution is 2.30. The molecule has 0 aliphatic heterocycles. The molecule has 0 aliphatic carbocycles. The summed E-state index contributed by atoms with van der Waals surface area (Å²) in [7, 11) is 0. The molecular weight excluding hydrogens is 198 g/mol. The lowest BCUT2D eigenvalue weighted by Gasteiger charge is -2.32. The predicted octanol–water partition coefficient (Wildman–Crippen LogP) is 4.15. The van der Waals surface area contributed by atoms with E-state index < -0.39 is 0 Å². The second kappa shape index (κ2) is 6.09. The van der Waals surface area contributed by atoms with Crippen molar-refractivity contribution in [3.05, 3.63) is 24.2 Å². The van der Waals surface area contributed by atoms with E-state index in [-0.39, 0.29) is 0 Å². The minimum absolute atomic E-state index is 0.305. The third-order valence-corrected chi connectivity index (χ3v) is 4.00. The summed E-state index contributed by atoms with van der Waals surface area (Å²) < 4.78 is 5.40. The van der Waals surface area contributed by atoms with Gasteiger partial charge in [-0.1, -0.05) is 20.8 Å². The van der Waals surface area contributed by atoms with Crippen molar-refractivity contribution in [1.82, 2.24) is 5.32 Å². The molecule has 1 heterocycles. The Labute approximate surface area is 99.4 Å². The van der Waals surface area contributed by atoms with E-state index in [0.717, 1.165) is 12.3 Å². The highest BCUT2D eigenvalue weighted by molar-refractivity contribution is 5.03. The molecule has 0 fully saturated rings. The Kier molecular flexibility index (Phi) is 5.07. The van der Waals surface area contributed by atoms with Crippen LogP contribution in [0.25, 0.3) is 0 Å². The van der Waals surface area contributed by atoms with E-state index in [2.05, 4.69) is 33.0 Å². The molecule has 1 unspecified atom stereocenters. The van der Waals surface area contributed by atoms with Crippen molar-refractivity contribution in [1.29, 1.82) is 0 Å². The molecule has 0 radical (unpaired) electrons. The van der Waals surface area contributed by atoms with Crippen molar-refractivity contribution in [2.24, 2.45) is 5.41 Å². The predicted molar refractivity (Wildman–Crippen MR) is 68.4 cm³/mol. The van der Waals surface area contributed by atoms with E-state index >= 15 is 0 Å². The second-order valence-corrected chi connectivity index (χ2v) is 4.68. The fourth-order valence-electron chi connectivity index (χ4n) is 2.13. The smallest absolute Gasteiger partial charge is 0.120 e. The van der Waals surface area contributed by atoms with Crippen molar-refractivity contribution in [2.45, 2.75) is 53.0 Å². The third-order valence-electron chi connectivity index (χ3n) is 4.00. The van der Waals surface area contributed by atoms with Crippen molar-refractivity contribution in [3.8, 4) is 0 Å². The van der Waals surface area contributed by atoms with Gasteiger partial charge in [0.25, 0.3) is 0 Å². The van der Waals surface area contributed by atoms with Gasteiger partial charge in [0.2, 0.25) is 0 Å². The van der Waals surface area contributed by atoms with Crippen LogP contribution in [-0.4, -0.2) is 6.54 Å². The number of nitrogens with one attached hydrogen (secondary N) is 1. The molecule has 1 atom stereocenters. The topological polar surface area (TPSA) is 25.2 Å². The highest BCUT2D eigenvalue weighted by Gasteiger charge is 2.24. The SMILES string of the molecule is CCC(CC)(CC)CNC(C)c1ccco1. The lowest BCUT2D eigenvalue weighted by Crippen LogP contribution is -2.34. The molecule has 0 aromatic carbocycles. The quantitative estimate of drug-likeness (QED) is 0.751. The maximum absolute atomic E-state index is 5.40. The molecule has 1 aromatic rings. The molecule has 2 nitrogen and oxygen atoms in total. The first-order chi connectivity index (χ1) is 7.67. The van der Waals surface area contributed by atoms with E-state index in [1.165, 1.54) is 19.3 Å². The van der Waals surface area contributed by atoms with Crippen molar-refractivity contribution < 1.29 is 4.42 Å². The molecule has 0 saturated heterocycles. The number of furan rings is 1. The average molecular weight is 223 g/mol. The summed E-state index contributed by atoms with van der Waals surface area (Å²) in [5.41, 5.74) is 0.445. The van der Waals surface area contributed by atoms with Gasteiger partial charge in [-0.15, -0.1) is 0 Å². The lowest BCUT2D eigenvalue weighted by molar-refractivity contribution is 0.225. The zero-order chi connectivity index (χ0) is 12.0. The maximum atomic E-state index is 5.40. The van der Waals surface area contributed by atoms with Gasteiger partial charge in [-0.25, -0.2) is 0 Å². The van der Waals surface area contributed by atoms with E-state index in [1.54, 1.807) is 6.26 Å². The minimum Gasteiger partial charge on any atom is -0.468 e. The summed E-state index contributed by atoms with van der Waals surface area (Å²) in [5, 5.41) is 3.58. The number of hydrogen-bond donors (Lipinski definition) is 1. The number of hydrogen-bond acceptors (Lipinski definition) is 2. The van der Waals surface area contributed by atoms with Crippen LogP contribution in [0.5, 0.6) is 0 Å². The Morgan fingerprint density at radius 3 is 2.31 bits per heavy atom. The van der Waals surface area contributed by atoms with Crippen molar-refractivity contribution >= 4 is 0 Å². The summed E-state index contributed by atoms with van der Waals surface area (Å²) in [6, 6.07) is 4.28. The van der Waals surface area contributed by atoms with Gasteiger partial charge < -0.3 is 9.73 Å². The molecule has 1 aromatic heterocycles. The summed E-state index contributed by atoms with van der Waals surface area (Å²) in [6.07, 6.45) is 5.44. The molecule has 0 saturated carbocycles. The van der Waals surface area contributed by atoms with E-state index in [4.69, 9.17) is 4.42 Å². The van der Waals surface area contributed by atoms with Gasteiger partial charge in [-0.05, 0) is 43.7 Å². The molecule has 1 rings (SSSR count). The Balaban J connectivity index is 2.49. The molecule has 0 spiro atoms. The fraction of sp³-hybridized carbons (Fsp3) is 0.714. The first kappa shape index (κ1) is 13.3. The molecular formula is C14H25NO. The van der Waals surface area contributed by atoms with Crippen LogP contribution >= 0.6 is 0 Å². The Morgan fingerprint density at radius 2 is 1.88 bits per heavy atom. The molecule has 0 bridgehead atoms. The highest BCUT2D eigenvalue weighted by atomic mass is 16.3. The summed E-state index contributed by atoms with van der Waals surface area (Å²) in [5.74, 6) is 1.03. The summed E-state index contributed by atoms with van der Waals surface area (Å²) in [6.45, 7) is 10.1. The minimum atomic E-state index is 0.305. The largest absolute Gasteiger partial charge is 0.468 e. The number of rotatable bonds is 7. The summed E-state index contributed by atoms with van der Waals surface area (Å²) >= 11 is 0. The van der Waals surface area contributed by atoms with Crippen LogP contribution < -0.4 is 5.32 Å². The van der Waals surface area contributed by atoms with E-state index in [0.29, 0.717) is 11.5 Å². The third kappa shape index (κ3) is 3.11. The first-order valence-corrected chi connectivity index (χ1v) is 6.44. The van der Waals surface area contributed by atoms with Gasteiger partial charge >= 0.3 is 0 Å². The Bertz CT molecular complexity index is 267. The average Bonchev–Trinajstić information content (AvgIpc) is 2.85. The van der Waals surface area contributed by atoms with Gasteiger partial charge in [0, 0.05) is 6.54 Å². The van der Waals surface area contributed by atoms with Crippen LogP contribution in [0, 0.1) is 5.41 Å². The molecule has 2 heteroatoms. The van der Waals surface area contributed by atoms with Crippen LogP contribution in [0.4, 0.5) is 0 Å². The molecule has 92 valence electrons. The van der Waals surface area contributed by atoms with Gasteiger partial charge in [-0.2, -0.15) is 0 Å². The molecule has 16 heavy (non-hydrogen) atoms. The standard InChI is InChI=1S/C14H25NO/c1-5-14(6-2,7-3)11-15-12(4)13-9-8-10-16-13/h8-10,12,15H,5-7,11H2,1-4H3. The summed E-state index contributed by atoms with van der Waals surface area (Å²) in [4.78, 5) is 0. The van der Waals surface area contributed by atoms with Crippen molar-refractivity contribution in [3.63, 3.8) is 0 Å². The maximum Gasteiger partial charge on any atom is 0.120 e. The van der Waals surface area contributed by atoms with Gasteiger partial charge in [0.1, 0.15) is 5.76 Å². The van der Waals surface area contributed by atoms with E-state index in [9.17, 15) is 0 Å². The fourth-order valence-corrected chi connectivity index (χ4v) is 2.13. The van der Waals surface area contributed by atoms with E-state index in [1.807, 2.05) is 12.1 Å². The lowest BCUT2D eigenvalue weighted by atomic mass is 9.79. The zero-order valence-corrected chi connectivity index (χ0v) is 11.0. The van der Waals surface area contributed by atoms with Crippen LogP contribution in [-0.2, 0) is 0 Å². The normalized spacial score (nSPS) is 14.0. The monoisotopic (exact) mass is 223 g/mol. The second-order valence-electron chi connectivity index (χ2n) is 4.68. The molecule has 0 amide bonds. The molecule has 0 aliphatic rings. The van der Waals surface area contributed by atoms with Gasteiger partial charge in [0.15, 0.2) is 0 Å². The molecule has 1 N–H and O–H groups in total. The first-order valence-electron chi connectivity index (χ1n) is 6.44. The van der Waals surface area contributed by atoms with Crippen LogP contribution in [0.2, 0.25) is 0 Å². The van der Waals surface area contributed by atoms with Gasteiger partial charge in [0.05, 0.1) is 12.3 Å². The van der Waals surface area contributed by atoms with Crippen LogP contribution in [0.1, 0.15) is 58.8 Å². The Hall–Kier alpha value is -0.760. The van der Waals surface area contributed by atoms with Crippen molar-refractivity contribution in [2.75, 3.05) is 6.54 Å². The zero-order valence-electron chi connectivity index (χ0n) is 11.0. The van der Waals surface area contributed by atoms with Gasteiger partial charge in [-0.3, -0.25) is 0 Å². The Morgan fingerprint density at radius 1 is 1.25 bits per heavy atom. The van der Waals surface area contributed by atoms with Crippen LogP contribution in [0.15, 0.2) is 22.8 Å².